The number of phenols is 1. The van der Waals surface area contributed by atoms with Gasteiger partial charge in [-0.1, -0.05) is 11.6 Å². The molecule has 0 saturated heterocycles. The lowest BCUT2D eigenvalue weighted by Gasteiger charge is -2.08. The number of benzene rings is 2. The molecular weight excluding hydrogens is 348 g/mol. The van der Waals surface area contributed by atoms with Gasteiger partial charge in [0.05, 0.1) is 0 Å². The molecule has 0 bridgehead atoms. The highest BCUT2D eigenvalue weighted by atomic mass is 35.5. The molecule has 0 aliphatic carbocycles. The zero-order chi connectivity index (χ0) is 18.4. The number of aromatic hydroxyl groups is 1. The third-order valence-electron chi connectivity index (χ3n) is 3.00. The molecule has 0 radical (unpaired) electrons. The Bertz CT molecular complexity index is 805. The predicted octanol–water partition coefficient (Wildman–Crippen LogP) is 2.80. The first-order valence-corrected chi connectivity index (χ1v) is 7.56. The van der Waals surface area contributed by atoms with Gasteiger partial charge in [-0.15, -0.1) is 0 Å². The SMILES string of the molecule is CC(=O)Nc1ccc(NC(=O)COC(=O)c2cc(Cl)ccc2O)cc1. The third kappa shape index (κ3) is 5.50. The maximum atomic E-state index is 11.9. The predicted molar refractivity (Wildman–Crippen MR) is 92.8 cm³/mol. The van der Waals surface area contributed by atoms with E-state index < -0.39 is 18.5 Å². The summed E-state index contributed by atoms with van der Waals surface area (Å²) < 4.78 is 4.85. The topological polar surface area (TPSA) is 105 Å². The monoisotopic (exact) mass is 362 g/mol. The molecule has 130 valence electrons. The van der Waals surface area contributed by atoms with Crippen LogP contribution >= 0.6 is 11.6 Å². The summed E-state index contributed by atoms with van der Waals surface area (Å²) in [5.41, 5.74) is 0.939. The summed E-state index contributed by atoms with van der Waals surface area (Å²) in [7, 11) is 0. The van der Waals surface area contributed by atoms with Gasteiger partial charge >= 0.3 is 5.97 Å². The van der Waals surface area contributed by atoms with Crippen molar-refractivity contribution in [2.45, 2.75) is 6.92 Å². The van der Waals surface area contributed by atoms with Crippen molar-refractivity contribution in [1.82, 2.24) is 0 Å². The zero-order valence-electron chi connectivity index (χ0n) is 13.2. The standard InChI is InChI=1S/C17H15ClN2O5/c1-10(21)19-12-3-5-13(6-4-12)20-16(23)9-25-17(24)14-8-11(18)2-7-15(14)22/h2-8,22H,9H2,1H3,(H,19,21)(H,20,23). The molecule has 0 heterocycles. The smallest absolute Gasteiger partial charge is 0.342 e. The second-order valence-electron chi connectivity index (χ2n) is 5.04. The number of esters is 1. The van der Waals surface area contributed by atoms with Gasteiger partial charge in [0, 0.05) is 23.3 Å². The summed E-state index contributed by atoms with van der Waals surface area (Å²) in [4.78, 5) is 34.6. The van der Waals surface area contributed by atoms with E-state index >= 15 is 0 Å². The second-order valence-corrected chi connectivity index (χ2v) is 5.48. The molecule has 0 aliphatic rings. The summed E-state index contributed by atoms with van der Waals surface area (Å²) in [6.45, 7) is 0.861. The summed E-state index contributed by atoms with van der Waals surface area (Å²) in [5.74, 6) is -1.91. The summed E-state index contributed by atoms with van der Waals surface area (Å²) in [5, 5.41) is 15.0. The van der Waals surface area contributed by atoms with E-state index in [9.17, 15) is 19.5 Å². The Morgan fingerprint density at radius 2 is 1.64 bits per heavy atom. The first-order chi connectivity index (χ1) is 11.8. The number of rotatable bonds is 5. The van der Waals surface area contributed by atoms with Crippen LogP contribution < -0.4 is 10.6 Å². The van der Waals surface area contributed by atoms with E-state index in [-0.39, 0.29) is 22.2 Å². The van der Waals surface area contributed by atoms with Crippen molar-refractivity contribution >= 4 is 40.8 Å². The Kier molecular flexibility index (Phi) is 5.97. The maximum absolute atomic E-state index is 11.9. The van der Waals surface area contributed by atoms with Crippen LogP contribution in [0.1, 0.15) is 17.3 Å². The van der Waals surface area contributed by atoms with Crippen LogP contribution in [0.25, 0.3) is 0 Å². The molecule has 0 saturated carbocycles. The molecular formula is C17H15ClN2O5. The quantitative estimate of drug-likeness (QED) is 0.709. The normalized spacial score (nSPS) is 10.0. The van der Waals surface area contributed by atoms with Gasteiger partial charge in [-0.25, -0.2) is 4.79 Å². The highest BCUT2D eigenvalue weighted by Gasteiger charge is 2.15. The van der Waals surface area contributed by atoms with Crippen LogP contribution in [0.4, 0.5) is 11.4 Å². The molecule has 2 aromatic rings. The number of nitrogens with one attached hydrogen (secondary N) is 2. The van der Waals surface area contributed by atoms with E-state index in [0.717, 1.165) is 0 Å². The molecule has 2 amide bonds. The zero-order valence-corrected chi connectivity index (χ0v) is 14.0. The number of amides is 2. The lowest BCUT2D eigenvalue weighted by molar-refractivity contribution is -0.119. The Labute approximate surface area is 148 Å². The van der Waals surface area contributed by atoms with Gasteiger partial charge < -0.3 is 20.5 Å². The Balaban J connectivity index is 1.89. The lowest BCUT2D eigenvalue weighted by atomic mass is 10.2. The summed E-state index contributed by atoms with van der Waals surface area (Å²) >= 11 is 5.75. The fraction of sp³-hybridized carbons (Fsp3) is 0.118. The van der Waals surface area contributed by atoms with Gasteiger partial charge in [-0.2, -0.15) is 0 Å². The molecule has 0 aliphatic heterocycles. The number of hydrogen-bond donors (Lipinski definition) is 3. The number of ether oxygens (including phenoxy) is 1. The van der Waals surface area contributed by atoms with Crippen molar-refractivity contribution in [3.8, 4) is 5.75 Å². The Morgan fingerprint density at radius 1 is 1.04 bits per heavy atom. The Hall–Kier alpha value is -3.06. The van der Waals surface area contributed by atoms with Crippen molar-refractivity contribution in [1.29, 1.82) is 0 Å². The highest BCUT2D eigenvalue weighted by Crippen LogP contribution is 2.22. The van der Waals surface area contributed by atoms with Gasteiger partial charge in [0.25, 0.3) is 5.91 Å². The minimum Gasteiger partial charge on any atom is -0.507 e. The molecule has 0 unspecified atom stereocenters. The van der Waals surface area contributed by atoms with Crippen molar-refractivity contribution in [3.05, 3.63) is 53.1 Å². The number of anilines is 2. The molecule has 0 aromatic heterocycles. The summed E-state index contributed by atoms with van der Waals surface area (Å²) in [6, 6.07) is 10.3. The van der Waals surface area contributed by atoms with Crippen LogP contribution in [0.5, 0.6) is 5.75 Å². The van der Waals surface area contributed by atoms with E-state index in [1.54, 1.807) is 24.3 Å². The first kappa shape index (κ1) is 18.3. The third-order valence-corrected chi connectivity index (χ3v) is 3.24. The second kappa shape index (κ2) is 8.16. The molecule has 0 fully saturated rings. The van der Waals surface area contributed by atoms with Gasteiger partial charge in [-0.3, -0.25) is 9.59 Å². The van der Waals surface area contributed by atoms with E-state index in [1.165, 1.54) is 25.1 Å². The molecule has 0 atom stereocenters. The van der Waals surface area contributed by atoms with E-state index in [0.29, 0.717) is 11.4 Å². The minimum atomic E-state index is -0.865. The van der Waals surface area contributed by atoms with Crippen molar-refractivity contribution < 1.29 is 24.2 Å². The molecule has 25 heavy (non-hydrogen) atoms. The van der Waals surface area contributed by atoms with Crippen LogP contribution in [-0.2, 0) is 14.3 Å². The average molecular weight is 363 g/mol. The van der Waals surface area contributed by atoms with Crippen LogP contribution in [0.2, 0.25) is 5.02 Å². The van der Waals surface area contributed by atoms with Crippen molar-refractivity contribution in [2.24, 2.45) is 0 Å². The molecule has 0 spiro atoms. The number of phenolic OH excluding ortho intramolecular Hbond substituents is 1. The molecule has 2 rings (SSSR count). The first-order valence-electron chi connectivity index (χ1n) is 7.18. The van der Waals surface area contributed by atoms with Crippen LogP contribution in [-0.4, -0.2) is 29.5 Å². The molecule has 7 nitrogen and oxygen atoms in total. The van der Waals surface area contributed by atoms with Crippen molar-refractivity contribution in [2.75, 3.05) is 17.2 Å². The van der Waals surface area contributed by atoms with Crippen LogP contribution in [0, 0.1) is 0 Å². The fourth-order valence-electron chi connectivity index (χ4n) is 1.92. The number of carbonyl (C=O) groups excluding carboxylic acids is 3. The van der Waals surface area contributed by atoms with Crippen LogP contribution in [0.15, 0.2) is 42.5 Å². The minimum absolute atomic E-state index is 0.125. The van der Waals surface area contributed by atoms with E-state index in [4.69, 9.17) is 16.3 Å². The van der Waals surface area contributed by atoms with Gasteiger partial charge in [0.15, 0.2) is 6.61 Å². The number of hydrogen-bond acceptors (Lipinski definition) is 5. The molecule has 2 aromatic carbocycles. The van der Waals surface area contributed by atoms with Crippen molar-refractivity contribution in [3.63, 3.8) is 0 Å². The average Bonchev–Trinajstić information content (AvgIpc) is 2.56. The lowest BCUT2D eigenvalue weighted by Crippen LogP contribution is -2.21. The number of carbonyl (C=O) groups is 3. The molecule has 8 heteroatoms. The van der Waals surface area contributed by atoms with E-state index in [1.807, 2.05) is 0 Å². The largest absolute Gasteiger partial charge is 0.507 e. The fourth-order valence-corrected chi connectivity index (χ4v) is 2.09. The number of halogens is 1. The maximum Gasteiger partial charge on any atom is 0.342 e. The summed E-state index contributed by atoms with van der Waals surface area (Å²) in [6.07, 6.45) is 0. The van der Waals surface area contributed by atoms with E-state index in [2.05, 4.69) is 10.6 Å². The highest BCUT2D eigenvalue weighted by molar-refractivity contribution is 6.31. The van der Waals surface area contributed by atoms with Gasteiger partial charge in [0.2, 0.25) is 5.91 Å². The Morgan fingerprint density at radius 3 is 2.24 bits per heavy atom. The van der Waals surface area contributed by atoms with Crippen LogP contribution in [0.3, 0.4) is 0 Å². The molecule has 3 N–H and O–H groups in total. The van der Waals surface area contributed by atoms with Gasteiger partial charge in [0.1, 0.15) is 11.3 Å². The van der Waals surface area contributed by atoms with Gasteiger partial charge in [-0.05, 0) is 42.5 Å².